The number of aryl methyl sites for hydroxylation is 2. The third kappa shape index (κ3) is 6.54. The monoisotopic (exact) mass is 281 g/mol. The van der Waals surface area contributed by atoms with Gasteiger partial charge in [-0.05, 0) is 31.0 Å². The van der Waals surface area contributed by atoms with E-state index in [2.05, 4.69) is 5.32 Å². The second-order valence-electron chi connectivity index (χ2n) is 4.51. The van der Waals surface area contributed by atoms with Crippen LogP contribution in [0.2, 0.25) is 0 Å². The molecule has 1 aromatic carbocycles. The van der Waals surface area contributed by atoms with Crippen LogP contribution in [0.25, 0.3) is 0 Å². The van der Waals surface area contributed by atoms with Gasteiger partial charge in [-0.15, -0.1) is 0 Å². The third-order valence-electron chi connectivity index (χ3n) is 2.70. The van der Waals surface area contributed by atoms with E-state index in [0.717, 1.165) is 16.9 Å². The molecule has 0 fully saturated rings. The van der Waals surface area contributed by atoms with E-state index in [4.69, 9.17) is 14.2 Å². The molecule has 0 radical (unpaired) electrons. The summed E-state index contributed by atoms with van der Waals surface area (Å²) in [6.07, 6.45) is 0. The van der Waals surface area contributed by atoms with Crippen molar-refractivity contribution < 1.29 is 19.0 Å². The van der Waals surface area contributed by atoms with Gasteiger partial charge in [-0.1, -0.05) is 12.1 Å². The fourth-order valence-corrected chi connectivity index (χ4v) is 1.56. The van der Waals surface area contributed by atoms with Crippen molar-refractivity contribution in [2.45, 2.75) is 13.8 Å². The second-order valence-corrected chi connectivity index (χ2v) is 4.51. The van der Waals surface area contributed by atoms with Crippen LogP contribution in [0.15, 0.2) is 18.2 Å². The van der Waals surface area contributed by atoms with Crippen LogP contribution in [-0.4, -0.2) is 46.0 Å². The van der Waals surface area contributed by atoms with Crippen molar-refractivity contribution >= 4 is 5.91 Å². The zero-order valence-electron chi connectivity index (χ0n) is 12.4. The number of methoxy groups -OCH3 is 1. The fraction of sp³-hybridized carbons (Fsp3) is 0.533. The van der Waals surface area contributed by atoms with E-state index >= 15 is 0 Å². The van der Waals surface area contributed by atoms with Gasteiger partial charge < -0.3 is 19.5 Å². The molecule has 0 aromatic heterocycles. The van der Waals surface area contributed by atoms with Gasteiger partial charge in [0.25, 0.3) is 5.91 Å². The highest BCUT2D eigenvalue weighted by Crippen LogP contribution is 2.18. The Kier molecular flexibility index (Phi) is 7.69. The number of nitrogens with one attached hydrogen (secondary N) is 1. The summed E-state index contributed by atoms with van der Waals surface area (Å²) in [5, 5.41) is 2.73. The fourth-order valence-electron chi connectivity index (χ4n) is 1.56. The van der Waals surface area contributed by atoms with Crippen molar-refractivity contribution in [2.75, 3.05) is 40.1 Å². The molecule has 0 saturated heterocycles. The molecule has 1 N–H and O–H groups in total. The Morgan fingerprint density at radius 3 is 2.75 bits per heavy atom. The van der Waals surface area contributed by atoms with Gasteiger partial charge in [0.05, 0.1) is 19.8 Å². The lowest BCUT2D eigenvalue weighted by molar-refractivity contribution is -0.123. The summed E-state index contributed by atoms with van der Waals surface area (Å²) in [7, 11) is 1.62. The summed E-state index contributed by atoms with van der Waals surface area (Å²) >= 11 is 0. The lowest BCUT2D eigenvalue weighted by atomic mass is 10.1. The average molecular weight is 281 g/mol. The van der Waals surface area contributed by atoms with E-state index in [1.54, 1.807) is 7.11 Å². The van der Waals surface area contributed by atoms with Gasteiger partial charge in [-0.25, -0.2) is 0 Å². The average Bonchev–Trinajstić information content (AvgIpc) is 2.43. The van der Waals surface area contributed by atoms with Gasteiger partial charge in [0.15, 0.2) is 6.61 Å². The molecule has 20 heavy (non-hydrogen) atoms. The predicted octanol–water partition coefficient (Wildman–Crippen LogP) is 1.46. The predicted molar refractivity (Wildman–Crippen MR) is 77.1 cm³/mol. The van der Waals surface area contributed by atoms with Crippen LogP contribution in [0.3, 0.4) is 0 Å². The number of carbonyl (C=O) groups excluding carboxylic acids is 1. The maximum atomic E-state index is 11.6. The molecule has 0 saturated carbocycles. The summed E-state index contributed by atoms with van der Waals surface area (Å²) in [4.78, 5) is 11.6. The Morgan fingerprint density at radius 1 is 1.20 bits per heavy atom. The van der Waals surface area contributed by atoms with Gasteiger partial charge >= 0.3 is 0 Å². The zero-order valence-corrected chi connectivity index (χ0v) is 12.4. The molecule has 0 aliphatic rings. The molecule has 1 aromatic rings. The van der Waals surface area contributed by atoms with Crippen LogP contribution < -0.4 is 10.1 Å². The molecule has 1 rings (SSSR count). The van der Waals surface area contributed by atoms with Crippen molar-refractivity contribution in [3.8, 4) is 5.75 Å². The SMILES string of the molecule is COCCOCCNC(=O)COc1cc(C)ccc1C. The third-order valence-corrected chi connectivity index (χ3v) is 2.70. The Hall–Kier alpha value is -1.59. The minimum atomic E-state index is -0.152. The summed E-state index contributed by atoms with van der Waals surface area (Å²) in [5.41, 5.74) is 2.13. The molecular formula is C15H23NO4. The summed E-state index contributed by atoms with van der Waals surface area (Å²) < 4.78 is 15.6. The minimum absolute atomic E-state index is 0.0162. The highest BCUT2D eigenvalue weighted by molar-refractivity contribution is 5.77. The first-order valence-corrected chi connectivity index (χ1v) is 6.67. The van der Waals surface area contributed by atoms with Crippen molar-refractivity contribution in [2.24, 2.45) is 0 Å². The van der Waals surface area contributed by atoms with Crippen molar-refractivity contribution in [3.63, 3.8) is 0 Å². The van der Waals surface area contributed by atoms with E-state index in [1.165, 1.54) is 0 Å². The number of hydrogen-bond acceptors (Lipinski definition) is 4. The Balaban J connectivity index is 2.18. The van der Waals surface area contributed by atoms with Crippen molar-refractivity contribution in [3.05, 3.63) is 29.3 Å². The summed E-state index contributed by atoms with van der Waals surface area (Å²) in [6.45, 7) is 5.99. The van der Waals surface area contributed by atoms with Gasteiger partial charge in [-0.2, -0.15) is 0 Å². The van der Waals surface area contributed by atoms with Crippen LogP contribution in [0, 0.1) is 13.8 Å². The largest absolute Gasteiger partial charge is 0.483 e. The topological polar surface area (TPSA) is 56.8 Å². The molecule has 5 nitrogen and oxygen atoms in total. The van der Waals surface area contributed by atoms with E-state index < -0.39 is 0 Å². The molecule has 0 spiro atoms. The van der Waals surface area contributed by atoms with Crippen molar-refractivity contribution in [1.82, 2.24) is 5.32 Å². The Bertz CT molecular complexity index is 420. The summed E-state index contributed by atoms with van der Waals surface area (Å²) in [6, 6.07) is 5.92. The highest BCUT2D eigenvalue weighted by Gasteiger charge is 2.04. The number of rotatable bonds is 9. The molecule has 0 unspecified atom stereocenters. The smallest absolute Gasteiger partial charge is 0.258 e. The number of carbonyl (C=O) groups is 1. The molecule has 5 heteroatoms. The lowest BCUT2D eigenvalue weighted by Crippen LogP contribution is -2.32. The van der Waals surface area contributed by atoms with Gasteiger partial charge in [0, 0.05) is 13.7 Å². The maximum absolute atomic E-state index is 11.6. The molecule has 0 atom stereocenters. The number of ether oxygens (including phenoxy) is 3. The van der Waals surface area contributed by atoms with Crippen LogP contribution in [0.4, 0.5) is 0 Å². The highest BCUT2D eigenvalue weighted by atomic mass is 16.5. The summed E-state index contributed by atoms with van der Waals surface area (Å²) in [5.74, 6) is 0.595. The second kappa shape index (κ2) is 9.34. The van der Waals surface area contributed by atoms with Crippen LogP contribution >= 0.6 is 0 Å². The first-order valence-electron chi connectivity index (χ1n) is 6.67. The molecule has 0 heterocycles. The van der Waals surface area contributed by atoms with Crippen LogP contribution in [-0.2, 0) is 14.3 Å². The zero-order chi connectivity index (χ0) is 14.8. The molecule has 0 aliphatic carbocycles. The Morgan fingerprint density at radius 2 is 2.00 bits per heavy atom. The Labute approximate surface area is 120 Å². The number of benzene rings is 1. The van der Waals surface area contributed by atoms with E-state index in [9.17, 15) is 4.79 Å². The molecule has 0 bridgehead atoms. The van der Waals surface area contributed by atoms with E-state index in [-0.39, 0.29) is 12.5 Å². The van der Waals surface area contributed by atoms with Gasteiger partial charge in [-0.3, -0.25) is 4.79 Å². The molecular weight excluding hydrogens is 258 g/mol. The molecule has 0 aliphatic heterocycles. The van der Waals surface area contributed by atoms with Crippen molar-refractivity contribution in [1.29, 1.82) is 0 Å². The standard InChI is InChI=1S/C15H23NO4/c1-12-4-5-13(2)14(10-12)20-11-15(17)16-6-7-19-9-8-18-3/h4-5,10H,6-9,11H2,1-3H3,(H,16,17). The van der Waals surface area contributed by atoms with E-state index in [1.807, 2.05) is 32.0 Å². The number of amides is 1. The number of hydrogen-bond donors (Lipinski definition) is 1. The van der Waals surface area contributed by atoms with Crippen LogP contribution in [0.1, 0.15) is 11.1 Å². The van der Waals surface area contributed by atoms with E-state index in [0.29, 0.717) is 26.4 Å². The van der Waals surface area contributed by atoms with Gasteiger partial charge in [0.2, 0.25) is 0 Å². The first kappa shape index (κ1) is 16.5. The molecule has 112 valence electrons. The normalized spacial score (nSPS) is 10.3. The minimum Gasteiger partial charge on any atom is -0.483 e. The maximum Gasteiger partial charge on any atom is 0.258 e. The first-order chi connectivity index (χ1) is 9.63. The molecule has 1 amide bonds. The lowest BCUT2D eigenvalue weighted by Gasteiger charge is -2.10. The van der Waals surface area contributed by atoms with Crippen LogP contribution in [0.5, 0.6) is 5.75 Å². The van der Waals surface area contributed by atoms with Gasteiger partial charge in [0.1, 0.15) is 5.75 Å². The quantitative estimate of drug-likeness (QED) is 0.696.